The van der Waals surface area contributed by atoms with Gasteiger partial charge in [-0.2, -0.15) is 0 Å². The predicted octanol–water partition coefficient (Wildman–Crippen LogP) is 3.05. The maximum atomic E-state index is 13.0. The summed E-state index contributed by atoms with van der Waals surface area (Å²) in [7, 11) is 0. The molecule has 1 fully saturated rings. The van der Waals surface area contributed by atoms with Gasteiger partial charge in [-0.25, -0.2) is 4.39 Å². The molecule has 2 aromatic carbocycles. The number of carbonyl (C=O) groups excluding carboxylic acids is 2. The summed E-state index contributed by atoms with van der Waals surface area (Å²) in [5.41, 5.74) is 3.53. The van der Waals surface area contributed by atoms with Crippen LogP contribution in [0.2, 0.25) is 0 Å². The van der Waals surface area contributed by atoms with Crippen LogP contribution in [-0.4, -0.2) is 18.4 Å². The number of fused-ring (bicyclic) bond motifs is 1. The van der Waals surface area contributed by atoms with Gasteiger partial charge >= 0.3 is 0 Å². The van der Waals surface area contributed by atoms with E-state index in [1.807, 2.05) is 12.1 Å². The monoisotopic (exact) mass is 338 g/mol. The van der Waals surface area contributed by atoms with Crippen LogP contribution in [0.4, 0.5) is 10.1 Å². The highest BCUT2D eigenvalue weighted by Gasteiger charge is 2.29. The van der Waals surface area contributed by atoms with Gasteiger partial charge < -0.3 is 10.2 Å². The fourth-order valence-corrected chi connectivity index (χ4v) is 3.20. The van der Waals surface area contributed by atoms with Gasteiger partial charge in [-0.05, 0) is 60.7 Å². The molecule has 0 unspecified atom stereocenters. The third-order valence-corrected chi connectivity index (χ3v) is 4.79. The highest BCUT2D eigenvalue weighted by atomic mass is 19.1. The van der Waals surface area contributed by atoms with Gasteiger partial charge in [-0.3, -0.25) is 9.59 Å². The van der Waals surface area contributed by atoms with Crippen molar-refractivity contribution >= 4 is 17.5 Å². The molecule has 1 aliphatic heterocycles. The van der Waals surface area contributed by atoms with Gasteiger partial charge in [0, 0.05) is 30.3 Å². The summed E-state index contributed by atoms with van der Waals surface area (Å²) in [5.74, 6) is -0.128. The van der Waals surface area contributed by atoms with Crippen molar-refractivity contribution in [3.8, 4) is 0 Å². The number of amides is 2. The highest BCUT2D eigenvalue weighted by Crippen LogP contribution is 2.31. The van der Waals surface area contributed by atoms with Crippen LogP contribution in [0.1, 0.15) is 34.3 Å². The lowest BCUT2D eigenvalue weighted by Gasteiger charge is -2.17. The fourth-order valence-electron chi connectivity index (χ4n) is 3.20. The van der Waals surface area contributed by atoms with E-state index in [1.165, 1.54) is 24.3 Å². The SMILES string of the molecule is O=C(NCc1ccc2c(c1)CCN2C(=O)c1ccc(F)cc1)C1CC1. The molecule has 25 heavy (non-hydrogen) atoms. The highest BCUT2D eigenvalue weighted by molar-refractivity contribution is 6.07. The van der Waals surface area contributed by atoms with Crippen molar-refractivity contribution < 1.29 is 14.0 Å². The molecule has 2 amide bonds. The third-order valence-electron chi connectivity index (χ3n) is 4.79. The summed E-state index contributed by atoms with van der Waals surface area (Å²) in [4.78, 5) is 26.1. The Hall–Kier alpha value is -2.69. The van der Waals surface area contributed by atoms with Crippen molar-refractivity contribution in [2.75, 3.05) is 11.4 Å². The molecule has 128 valence electrons. The number of rotatable bonds is 4. The number of nitrogens with zero attached hydrogens (tertiary/aromatic N) is 1. The number of nitrogens with one attached hydrogen (secondary N) is 1. The molecule has 0 spiro atoms. The number of carbonyl (C=O) groups is 2. The lowest BCUT2D eigenvalue weighted by molar-refractivity contribution is -0.122. The van der Waals surface area contributed by atoms with Gasteiger partial charge in [0.25, 0.3) is 5.91 Å². The maximum absolute atomic E-state index is 13.0. The van der Waals surface area contributed by atoms with Gasteiger partial charge in [0.2, 0.25) is 5.91 Å². The average Bonchev–Trinajstić information content (AvgIpc) is 3.39. The van der Waals surface area contributed by atoms with Gasteiger partial charge in [-0.15, -0.1) is 0 Å². The first-order valence-corrected chi connectivity index (χ1v) is 8.59. The van der Waals surface area contributed by atoms with E-state index in [0.29, 0.717) is 18.7 Å². The standard InChI is InChI=1S/C20H19FN2O2/c21-17-6-4-15(5-7-17)20(25)23-10-9-16-11-13(1-8-18(16)23)12-22-19(24)14-2-3-14/h1,4-8,11,14H,2-3,9-10,12H2,(H,22,24). The minimum atomic E-state index is -0.351. The van der Waals surface area contributed by atoms with Gasteiger partial charge in [0.1, 0.15) is 5.82 Å². The average molecular weight is 338 g/mol. The van der Waals surface area contributed by atoms with E-state index >= 15 is 0 Å². The molecule has 0 aromatic heterocycles. The molecule has 1 saturated carbocycles. The van der Waals surface area contributed by atoms with E-state index in [-0.39, 0.29) is 23.5 Å². The van der Waals surface area contributed by atoms with Gasteiger partial charge in [0.05, 0.1) is 0 Å². The quantitative estimate of drug-likeness (QED) is 0.931. The molecule has 1 N–H and O–H groups in total. The molecule has 2 aliphatic rings. The fraction of sp³-hybridized carbons (Fsp3) is 0.300. The normalized spacial score (nSPS) is 15.8. The van der Waals surface area contributed by atoms with Crippen LogP contribution in [0.25, 0.3) is 0 Å². The van der Waals surface area contributed by atoms with E-state index in [1.54, 1.807) is 4.90 Å². The molecule has 2 aromatic rings. The molecular weight excluding hydrogens is 319 g/mol. The molecular formula is C20H19FN2O2. The molecule has 0 saturated heterocycles. The molecule has 1 aliphatic carbocycles. The molecule has 0 bridgehead atoms. The van der Waals surface area contributed by atoms with Crippen LogP contribution in [0.15, 0.2) is 42.5 Å². The summed E-state index contributed by atoms with van der Waals surface area (Å²) < 4.78 is 13.0. The number of hydrogen-bond acceptors (Lipinski definition) is 2. The zero-order chi connectivity index (χ0) is 17.4. The smallest absolute Gasteiger partial charge is 0.258 e. The van der Waals surface area contributed by atoms with Crippen LogP contribution in [0, 0.1) is 11.7 Å². The third kappa shape index (κ3) is 3.27. The first-order valence-electron chi connectivity index (χ1n) is 8.59. The number of anilines is 1. The summed E-state index contributed by atoms with van der Waals surface area (Å²) in [6.07, 6.45) is 2.78. The largest absolute Gasteiger partial charge is 0.352 e. The minimum Gasteiger partial charge on any atom is -0.352 e. The lowest BCUT2D eigenvalue weighted by atomic mass is 10.1. The van der Waals surface area contributed by atoms with Crippen molar-refractivity contribution in [2.24, 2.45) is 5.92 Å². The Labute approximate surface area is 145 Å². The van der Waals surface area contributed by atoms with Crippen LogP contribution < -0.4 is 10.2 Å². The van der Waals surface area contributed by atoms with E-state index < -0.39 is 0 Å². The molecule has 5 heteroatoms. The van der Waals surface area contributed by atoms with Gasteiger partial charge in [-0.1, -0.05) is 12.1 Å². The topological polar surface area (TPSA) is 49.4 Å². The number of halogens is 1. The number of benzene rings is 2. The second kappa shape index (κ2) is 6.31. The van der Waals surface area contributed by atoms with Crippen molar-refractivity contribution in [3.63, 3.8) is 0 Å². The maximum Gasteiger partial charge on any atom is 0.258 e. The van der Waals surface area contributed by atoms with Crippen LogP contribution >= 0.6 is 0 Å². The van der Waals surface area contributed by atoms with E-state index in [0.717, 1.165) is 36.1 Å². The van der Waals surface area contributed by atoms with Crippen molar-refractivity contribution in [1.82, 2.24) is 5.32 Å². The van der Waals surface area contributed by atoms with Crippen LogP contribution in [-0.2, 0) is 17.8 Å². The van der Waals surface area contributed by atoms with E-state index in [2.05, 4.69) is 11.4 Å². The Morgan fingerprint density at radius 2 is 1.88 bits per heavy atom. The first kappa shape index (κ1) is 15.8. The van der Waals surface area contributed by atoms with Crippen molar-refractivity contribution in [2.45, 2.75) is 25.8 Å². The first-order chi connectivity index (χ1) is 12.1. The zero-order valence-electron chi connectivity index (χ0n) is 13.8. The Balaban J connectivity index is 1.47. The Kier molecular flexibility index (Phi) is 3.99. The summed E-state index contributed by atoms with van der Waals surface area (Å²) >= 11 is 0. The van der Waals surface area contributed by atoms with E-state index in [4.69, 9.17) is 0 Å². The zero-order valence-corrected chi connectivity index (χ0v) is 13.8. The lowest BCUT2D eigenvalue weighted by Crippen LogP contribution is -2.28. The Morgan fingerprint density at radius 3 is 2.60 bits per heavy atom. The van der Waals surface area contributed by atoms with Crippen molar-refractivity contribution in [3.05, 3.63) is 65.0 Å². The summed E-state index contributed by atoms with van der Waals surface area (Å²) in [6, 6.07) is 11.6. The predicted molar refractivity (Wildman–Crippen MR) is 92.8 cm³/mol. The second-order valence-electron chi connectivity index (χ2n) is 6.67. The van der Waals surface area contributed by atoms with Crippen LogP contribution in [0.5, 0.6) is 0 Å². The second-order valence-corrected chi connectivity index (χ2v) is 6.67. The molecule has 1 heterocycles. The van der Waals surface area contributed by atoms with Crippen molar-refractivity contribution in [1.29, 1.82) is 0 Å². The van der Waals surface area contributed by atoms with Gasteiger partial charge in [0.15, 0.2) is 0 Å². The molecule has 0 atom stereocenters. The molecule has 4 nitrogen and oxygen atoms in total. The van der Waals surface area contributed by atoms with Crippen LogP contribution in [0.3, 0.4) is 0 Å². The number of hydrogen-bond donors (Lipinski definition) is 1. The summed E-state index contributed by atoms with van der Waals surface area (Å²) in [5, 5.41) is 2.96. The molecule has 0 radical (unpaired) electrons. The molecule has 4 rings (SSSR count). The Morgan fingerprint density at radius 1 is 1.12 bits per heavy atom. The Bertz CT molecular complexity index is 828. The van der Waals surface area contributed by atoms with E-state index in [9.17, 15) is 14.0 Å². The minimum absolute atomic E-state index is 0.117. The summed E-state index contributed by atoms with van der Waals surface area (Å²) in [6.45, 7) is 1.14.